The summed E-state index contributed by atoms with van der Waals surface area (Å²) in [7, 11) is 1.10. The first-order valence-electron chi connectivity index (χ1n) is 4.52. The number of hydrogen-bond donors (Lipinski definition) is 1. The SMILES string of the molecule is COC(=O)c1nc(CN)cc(OC(F)(F)F)c1I. The predicted molar refractivity (Wildman–Crippen MR) is 62.9 cm³/mol. The molecule has 0 atom stereocenters. The van der Waals surface area contributed by atoms with E-state index in [2.05, 4.69) is 14.5 Å². The number of carbonyl (C=O) groups is 1. The highest BCUT2D eigenvalue weighted by molar-refractivity contribution is 14.1. The molecule has 0 aliphatic rings. The maximum atomic E-state index is 12.2. The van der Waals surface area contributed by atoms with E-state index >= 15 is 0 Å². The highest BCUT2D eigenvalue weighted by Crippen LogP contribution is 2.30. The van der Waals surface area contributed by atoms with E-state index in [1.165, 1.54) is 22.6 Å². The van der Waals surface area contributed by atoms with Crippen LogP contribution < -0.4 is 10.5 Å². The lowest BCUT2D eigenvalue weighted by Gasteiger charge is -2.13. The second-order valence-corrected chi connectivity index (χ2v) is 4.10. The molecule has 0 unspecified atom stereocenters. The zero-order valence-corrected chi connectivity index (χ0v) is 11.2. The minimum Gasteiger partial charge on any atom is -0.464 e. The number of nitrogens with zero attached hydrogens (tertiary/aromatic N) is 1. The summed E-state index contributed by atoms with van der Waals surface area (Å²) in [6, 6.07) is 1.03. The maximum Gasteiger partial charge on any atom is 0.573 e. The van der Waals surface area contributed by atoms with Gasteiger partial charge in [-0.1, -0.05) is 0 Å². The number of hydrogen-bond acceptors (Lipinski definition) is 5. The zero-order chi connectivity index (χ0) is 13.9. The van der Waals surface area contributed by atoms with E-state index in [-0.39, 0.29) is 21.5 Å². The predicted octanol–water partition coefficient (Wildman–Crippen LogP) is 1.83. The Morgan fingerprint density at radius 2 is 2.17 bits per heavy atom. The Balaban J connectivity index is 3.29. The van der Waals surface area contributed by atoms with Crippen molar-refractivity contribution in [2.24, 2.45) is 5.73 Å². The summed E-state index contributed by atoms with van der Waals surface area (Å²) in [5.41, 5.74) is 5.12. The molecule has 0 aromatic carbocycles. The molecular weight excluding hydrogens is 368 g/mol. The molecule has 0 spiro atoms. The molecule has 18 heavy (non-hydrogen) atoms. The molecule has 1 rings (SSSR count). The van der Waals surface area contributed by atoms with Gasteiger partial charge in [-0.3, -0.25) is 0 Å². The van der Waals surface area contributed by atoms with Crippen molar-refractivity contribution in [2.75, 3.05) is 7.11 Å². The first kappa shape index (κ1) is 15.0. The number of nitrogens with two attached hydrogens (primary N) is 1. The molecule has 2 N–H and O–H groups in total. The number of methoxy groups -OCH3 is 1. The van der Waals surface area contributed by atoms with Crippen molar-refractivity contribution in [3.63, 3.8) is 0 Å². The van der Waals surface area contributed by atoms with E-state index in [0.717, 1.165) is 13.2 Å². The molecule has 5 nitrogen and oxygen atoms in total. The monoisotopic (exact) mass is 376 g/mol. The third-order valence-electron chi connectivity index (χ3n) is 1.79. The fraction of sp³-hybridized carbons (Fsp3) is 0.333. The van der Waals surface area contributed by atoms with E-state index in [4.69, 9.17) is 5.73 Å². The highest BCUT2D eigenvalue weighted by Gasteiger charge is 2.33. The van der Waals surface area contributed by atoms with Crippen molar-refractivity contribution in [3.05, 3.63) is 21.0 Å². The molecule has 1 aromatic rings. The lowest BCUT2D eigenvalue weighted by molar-refractivity contribution is -0.275. The molecule has 0 aliphatic carbocycles. The Morgan fingerprint density at radius 1 is 1.56 bits per heavy atom. The van der Waals surface area contributed by atoms with Gasteiger partial charge in [-0.05, 0) is 22.6 Å². The van der Waals surface area contributed by atoms with Crippen LogP contribution in [-0.2, 0) is 11.3 Å². The maximum absolute atomic E-state index is 12.2. The van der Waals surface area contributed by atoms with Crippen LogP contribution in [0.2, 0.25) is 0 Å². The topological polar surface area (TPSA) is 74.4 Å². The van der Waals surface area contributed by atoms with Gasteiger partial charge >= 0.3 is 12.3 Å². The Labute approximate surface area is 114 Å². The first-order valence-corrected chi connectivity index (χ1v) is 5.60. The smallest absolute Gasteiger partial charge is 0.464 e. The molecule has 9 heteroatoms. The largest absolute Gasteiger partial charge is 0.573 e. The fourth-order valence-electron chi connectivity index (χ4n) is 1.09. The highest BCUT2D eigenvalue weighted by atomic mass is 127. The molecule has 0 radical (unpaired) electrons. The Morgan fingerprint density at radius 3 is 2.61 bits per heavy atom. The van der Waals surface area contributed by atoms with Crippen molar-refractivity contribution in [1.82, 2.24) is 4.98 Å². The van der Waals surface area contributed by atoms with Crippen LogP contribution in [0.3, 0.4) is 0 Å². The van der Waals surface area contributed by atoms with Gasteiger partial charge in [0.2, 0.25) is 0 Å². The normalized spacial score (nSPS) is 11.2. The molecule has 0 aliphatic heterocycles. The third-order valence-corrected chi connectivity index (χ3v) is 2.83. The van der Waals surface area contributed by atoms with Gasteiger partial charge < -0.3 is 15.2 Å². The van der Waals surface area contributed by atoms with Crippen molar-refractivity contribution in [1.29, 1.82) is 0 Å². The molecule has 0 amide bonds. The van der Waals surface area contributed by atoms with Gasteiger partial charge in [-0.15, -0.1) is 13.2 Å². The number of halogens is 4. The molecule has 0 bridgehead atoms. The number of aromatic nitrogens is 1. The number of alkyl halides is 3. The van der Waals surface area contributed by atoms with E-state index in [1.54, 1.807) is 0 Å². The van der Waals surface area contributed by atoms with Gasteiger partial charge in [0.25, 0.3) is 0 Å². The minimum absolute atomic E-state index is 0.0889. The van der Waals surface area contributed by atoms with E-state index in [9.17, 15) is 18.0 Å². The molecule has 0 saturated heterocycles. The Kier molecular flexibility index (Phi) is 4.73. The van der Waals surface area contributed by atoms with Crippen molar-refractivity contribution >= 4 is 28.6 Å². The Hall–Kier alpha value is -1.10. The van der Waals surface area contributed by atoms with Gasteiger partial charge in [-0.25, -0.2) is 9.78 Å². The van der Waals surface area contributed by atoms with Crippen LogP contribution in [0.5, 0.6) is 5.75 Å². The summed E-state index contributed by atoms with van der Waals surface area (Å²) in [4.78, 5) is 15.2. The average Bonchev–Trinajstić information content (AvgIpc) is 2.29. The van der Waals surface area contributed by atoms with Gasteiger partial charge in [0.1, 0.15) is 5.75 Å². The zero-order valence-electron chi connectivity index (χ0n) is 9.05. The van der Waals surface area contributed by atoms with Crippen LogP contribution in [0.15, 0.2) is 6.07 Å². The summed E-state index contributed by atoms with van der Waals surface area (Å²) >= 11 is 1.52. The second-order valence-electron chi connectivity index (χ2n) is 3.02. The fourth-order valence-corrected chi connectivity index (χ4v) is 1.70. The Bertz CT molecular complexity index is 465. The van der Waals surface area contributed by atoms with E-state index in [0.29, 0.717) is 0 Å². The van der Waals surface area contributed by atoms with Crippen LogP contribution in [0, 0.1) is 3.57 Å². The molecule has 0 saturated carbocycles. The van der Waals surface area contributed by atoms with Crippen LogP contribution in [0.25, 0.3) is 0 Å². The number of ether oxygens (including phenoxy) is 2. The van der Waals surface area contributed by atoms with Crippen molar-refractivity contribution in [2.45, 2.75) is 12.9 Å². The standard InChI is InChI=1S/C9H8F3IN2O3/c1-17-8(16)7-6(13)5(18-9(10,11)12)2-4(3-14)15-7/h2H,3,14H2,1H3. The second kappa shape index (κ2) is 5.69. The van der Waals surface area contributed by atoms with Gasteiger partial charge in [-0.2, -0.15) is 0 Å². The number of rotatable bonds is 3. The summed E-state index contributed by atoms with van der Waals surface area (Å²) in [6.45, 7) is -0.130. The van der Waals surface area contributed by atoms with Gasteiger partial charge in [0.05, 0.1) is 16.4 Å². The summed E-state index contributed by atoms with van der Waals surface area (Å²) in [5.74, 6) is -1.39. The first-order chi connectivity index (χ1) is 8.28. The number of pyridine rings is 1. The van der Waals surface area contributed by atoms with Crippen LogP contribution in [0.1, 0.15) is 16.2 Å². The molecular formula is C9H8F3IN2O3. The summed E-state index contributed by atoms with van der Waals surface area (Å²) < 4.78 is 44.7. The summed E-state index contributed by atoms with van der Waals surface area (Å²) in [5, 5.41) is 0. The third kappa shape index (κ3) is 3.70. The average molecular weight is 376 g/mol. The molecule has 1 aromatic heterocycles. The molecule has 100 valence electrons. The van der Waals surface area contributed by atoms with Crippen LogP contribution >= 0.6 is 22.6 Å². The van der Waals surface area contributed by atoms with Crippen molar-refractivity contribution < 1.29 is 27.4 Å². The summed E-state index contributed by atoms with van der Waals surface area (Å²) in [6.07, 6.45) is -4.86. The quantitative estimate of drug-likeness (QED) is 0.644. The van der Waals surface area contributed by atoms with Crippen LogP contribution in [-0.4, -0.2) is 24.4 Å². The number of esters is 1. The lowest BCUT2D eigenvalue weighted by Crippen LogP contribution is -2.20. The van der Waals surface area contributed by atoms with E-state index in [1.807, 2.05) is 0 Å². The molecule has 0 fully saturated rings. The minimum atomic E-state index is -4.86. The molecule has 1 heterocycles. The van der Waals surface area contributed by atoms with E-state index < -0.39 is 18.1 Å². The van der Waals surface area contributed by atoms with Crippen LogP contribution in [0.4, 0.5) is 13.2 Å². The lowest BCUT2D eigenvalue weighted by atomic mass is 10.2. The van der Waals surface area contributed by atoms with Crippen molar-refractivity contribution in [3.8, 4) is 5.75 Å². The number of carbonyl (C=O) groups excluding carboxylic acids is 1. The van der Waals surface area contributed by atoms with Gasteiger partial charge in [0.15, 0.2) is 5.69 Å². The van der Waals surface area contributed by atoms with Gasteiger partial charge in [0, 0.05) is 12.6 Å².